The number of carbonyl (C=O) groups excluding carboxylic acids is 1. The molecule has 0 radical (unpaired) electrons. The molecule has 2 aromatic heterocycles. The highest BCUT2D eigenvalue weighted by molar-refractivity contribution is 5.94. The van der Waals surface area contributed by atoms with Crippen LogP contribution in [0.5, 0.6) is 5.75 Å². The fourth-order valence-corrected chi connectivity index (χ4v) is 3.07. The van der Waals surface area contributed by atoms with Crippen LogP contribution in [0.4, 0.5) is 13.2 Å². The Labute approximate surface area is 186 Å². The quantitative estimate of drug-likeness (QED) is 0.469. The van der Waals surface area contributed by atoms with E-state index in [-0.39, 0.29) is 24.2 Å². The summed E-state index contributed by atoms with van der Waals surface area (Å²) in [5.41, 5.74) is 1.53. The zero-order valence-electron chi connectivity index (χ0n) is 17.6. The van der Waals surface area contributed by atoms with Gasteiger partial charge in [0.05, 0.1) is 23.0 Å². The van der Waals surface area contributed by atoms with Crippen LogP contribution in [0, 0.1) is 0 Å². The predicted molar refractivity (Wildman–Crippen MR) is 111 cm³/mol. The maximum Gasteiger partial charge on any atom is 0.416 e. The topological polar surface area (TPSA) is 95.1 Å². The van der Waals surface area contributed by atoms with Crippen LogP contribution in [0.15, 0.2) is 59.3 Å². The van der Waals surface area contributed by atoms with Gasteiger partial charge in [-0.3, -0.25) is 9.48 Å². The van der Waals surface area contributed by atoms with Crippen LogP contribution in [-0.2, 0) is 19.8 Å². The zero-order chi connectivity index (χ0) is 23.6. The molecule has 170 valence electrons. The van der Waals surface area contributed by atoms with Crippen LogP contribution in [0.25, 0.3) is 22.8 Å². The normalized spacial score (nSPS) is 11.4. The molecule has 1 N–H and O–H groups in total. The summed E-state index contributed by atoms with van der Waals surface area (Å²) < 4.78 is 50.8. The van der Waals surface area contributed by atoms with E-state index in [1.807, 2.05) is 0 Å². The van der Waals surface area contributed by atoms with Gasteiger partial charge in [-0.2, -0.15) is 23.3 Å². The third-order valence-electron chi connectivity index (χ3n) is 4.91. The lowest BCUT2D eigenvalue weighted by Crippen LogP contribution is -2.17. The number of nitrogens with zero attached hydrogens (tertiary/aromatic N) is 4. The number of amides is 1. The molecule has 0 spiro atoms. The minimum absolute atomic E-state index is 0.0235. The van der Waals surface area contributed by atoms with Gasteiger partial charge in [0, 0.05) is 25.2 Å². The monoisotopic (exact) mass is 457 g/mol. The number of carbonyl (C=O) groups is 1. The van der Waals surface area contributed by atoms with Crippen molar-refractivity contribution in [2.45, 2.75) is 12.8 Å². The summed E-state index contributed by atoms with van der Waals surface area (Å²) in [5.74, 6) is 0.604. The first-order valence-corrected chi connectivity index (χ1v) is 9.74. The van der Waals surface area contributed by atoms with Gasteiger partial charge < -0.3 is 14.6 Å². The SMILES string of the molecule is CNC(=O)c1ccc(-c2noc(-c3cnn(C)c3COc3ccc(C(F)(F)F)cc3)n2)cc1. The van der Waals surface area contributed by atoms with Crippen molar-refractivity contribution in [2.24, 2.45) is 7.05 Å². The van der Waals surface area contributed by atoms with Gasteiger partial charge in [-0.05, 0) is 36.4 Å². The standard InChI is InChI=1S/C22H18F3N5O3/c1-26-20(31)14-5-3-13(4-6-14)19-28-21(33-29-19)17-11-27-30(2)18(17)12-32-16-9-7-15(8-10-16)22(23,24)25/h3-11H,12H2,1-2H3,(H,26,31). The van der Waals surface area contributed by atoms with Crippen molar-refractivity contribution >= 4 is 5.91 Å². The van der Waals surface area contributed by atoms with E-state index in [2.05, 4.69) is 20.6 Å². The number of nitrogens with one attached hydrogen (secondary N) is 1. The number of hydrogen-bond donors (Lipinski definition) is 1. The first-order chi connectivity index (χ1) is 15.8. The lowest BCUT2D eigenvalue weighted by Gasteiger charge is -2.10. The average Bonchev–Trinajstić information content (AvgIpc) is 3.43. The number of aryl methyl sites for hydroxylation is 1. The molecule has 33 heavy (non-hydrogen) atoms. The molecule has 0 atom stereocenters. The van der Waals surface area contributed by atoms with Gasteiger partial charge >= 0.3 is 6.18 Å². The fraction of sp³-hybridized carbons (Fsp3) is 0.182. The minimum Gasteiger partial charge on any atom is -0.487 e. The van der Waals surface area contributed by atoms with Crippen LogP contribution in [0.3, 0.4) is 0 Å². The molecule has 4 aromatic rings. The molecule has 2 heterocycles. The Kier molecular flexibility index (Phi) is 5.86. The molecule has 0 fully saturated rings. The number of halogens is 3. The maximum atomic E-state index is 12.7. The van der Waals surface area contributed by atoms with Crippen molar-refractivity contribution in [1.82, 2.24) is 25.2 Å². The average molecular weight is 457 g/mol. The van der Waals surface area contributed by atoms with Gasteiger partial charge in [-0.1, -0.05) is 17.3 Å². The molecule has 0 saturated heterocycles. The Morgan fingerprint density at radius 1 is 1.12 bits per heavy atom. The largest absolute Gasteiger partial charge is 0.487 e. The summed E-state index contributed by atoms with van der Waals surface area (Å²) >= 11 is 0. The number of hydrogen-bond acceptors (Lipinski definition) is 6. The first kappa shape index (κ1) is 22.1. The van der Waals surface area contributed by atoms with Crippen molar-refractivity contribution < 1.29 is 27.2 Å². The van der Waals surface area contributed by atoms with Crippen LogP contribution in [0.1, 0.15) is 21.6 Å². The van der Waals surface area contributed by atoms with E-state index in [9.17, 15) is 18.0 Å². The van der Waals surface area contributed by atoms with E-state index in [4.69, 9.17) is 9.26 Å². The fourth-order valence-electron chi connectivity index (χ4n) is 3.07. The smallest absolute Gasteiger partial charge is 0.416 e. The third-order valence-corrected chi connectivity index (χ3v) is 4.91. The van der Waals surface area contributed by atoms with E-state index in [1.54, 1.807) is 43.0 Å². The van der Waals surface area contributed by atoms with Gasteiger partial charge in [0.2, 0.25) is 5.82 Å². The number of aromatic nitrogens is 4. The predicted octanol–water partition coefficient (Wildman–Crippen LogP) is 4.09. The second-order valence-corrected chi connectivity index (χ2v) is 7.02. The van der Waals surface area contributed by atoms with Crippen molar-refractivity contribution in [3.63, 3.8) is 0 Å². The van der Waals surface area contributed by atoms with Crippen LogP contribution in [0.2, 0.25) is 0 Å². The van der Waals surface area contributed by atoms with Gasteiger partial charge in [0.15, 0.2) is 0 Å². The Balaban J connectivity index is 1.51. The summed E-state index contributed by atoms with van der Waals surface area (Å²) in [6.45, 7) is 0.0235. The number of ether oxygens (including phenoxy) is 1. The molecule has 0 aliphatic rings. The summed E-state index contributed by atoms with van der Waals surface area (Å²) in [6.07, 6.45) is -2.87. The Hall–Kier alpha value is -4.15. The molecular formula is C22H18F3N5O3. The summed E-state index contributed by atoms with van der Waals surface area (Å²) in [7, 11) is 3.25. The zero-order valence-corrected chi connectivity index (χ0v) is 17.6. The highest BCUT2D eigenvalue weighted by atomic mass is 19.4. The van der Waals surface area contributed by atoms with Crippen LogP contribution < -0.4 is 10.1 Å². The molecule has 8 nitrogen and oxygen atoms in total. The molecule has 11 heteroatoms. The van der Waals surface area contributed by atoms with Crippen LogP contribution in [-0.4, -0.2) is 32.9 Å². The van der Waals surface area contributed by atoms with Crippen molar-refractivity contribution in [1.29, 1.82) is 0 Å². The molecule has 4 rings (SSSR count). The molecule has 0 bridgehead atoms. The van der Waals surface area contributed by atoms with Crippen LogP contribution >= 0.6 is 0 Å². The van der Waals surface area contributed by atoms with Gasteiger partial charge in [0.25, 0.3) is 11.8 Å². The molecule has 0 saturated carbocycles. The Bertz CT molecular complexity index is 1260. The lowest BCUT2D eigenvalue weighted by molar-refractivity contribution is -0.137. The summed E-state index contributed by atoms with van der Waals surface area (Å²) in [5, 5.41) is 10.7. The minimum atomic E-state index is -4.41. The molecular weight excluding hydrogens is 439 g/mol. The Morgan fingerprint density at radius 2 is 1.82 bits per heavy atom. The number of alkyl halides is 3. The van der Waals surface area contributed by atoms with E-state index in [0.717, 1.165) is 12.1 Å². The highest BCUT2D eigenvalue weighted by Crippen LogP contribution is 2.31. The second-order valence-electron chi connectivity index (χ2n) is 7.02. The summed E-state index contributed by atoms with van der Waals surface area (Å²) in [4.78, 5) is 16.1. The highest BCUT2D eigenvalue weighted by Gasteiger charge is 2.30. The van der Waals surface area contributed by atoms with E-state index in [0.29, 0.717) is 28.2 Å². The van der Waals surface area contributed by atoms with E-state index >= 15 is 0 Å². The van der Waals surface area contributed by atoms with Gasteiger partial charge in [-0.25, -0.2) is 0 Å². The molecule has 0 unspecified atom stereocenters. The number of benzene rings is 2. The second kappa shape index (κ2) is 8.77. The molecule has 1 amide bonds. The lowest BCUT2D eigenvalue weighted by atomic mass is 10.1. The first-order valence-electron chi connectivity index (χ1n) is 9.74. The van der Waals surface area contributed by atoms with Gasteiger partial charge in [-0.15, -0.1) is 0 Å². The van der Waals surface area contributed by atoms with E-state index in [1.165, 1.54) is 18.3 Å². The molecule has 0 aliphatic heterocycles. The molecule has 0 aliphatic carbocycles. The van der Waals surface area contributed by atoms with Crippen molar-refractivity contribution in [3.8, 4) is 28.6 Å². The van der Waals surface area contributed by atoms with Crippen molar-refractivity contribution in [3.05, 3.63) is 71.5 Å². The van der Waals surface area contributed by atoms with Crippen molar-refractivity contribution in [2.75, 3.05) is 7.05 Å². The Morgan fingerprint density at radius 3 is 2.45 bits per heavy atom. The van der Waals surface area contributed by atoms with E-state index < -0.39 is 11.7 Å². The summed E-state index contributed by atoms with van der Waals surface area (Å²) in [6, 6.07) is 11.1. The molecule has 2 aromatic carbocycles. The maximum absolute atomic E-state index is 12.7. The van der Waals surface area contributed by atoms with Gasteiger partial charge in [0.1, 0.15) is 12.4 Å². The number of rotatable bonds is 6. The third kappa shape index (κ3) is 4.71.